The van der Waals surface area contributed by atoms with Crippen LogP contribution in [-0.4, -0.2) is 83.6 Å². The lowest BCUT2D eigenvalue weighted by Crippen LogP contribution is -2.42. The molecule has 0 aromatic carbocycles. The fourth-order valence-corrected chi connectivity index (χ4v) is 3.75. The second-order valence-electron chi connectivity index (χ2n) is 7.12. The van der Waals surface area contributed by atoms with Crippen LogP contribution in [0.4, 0.5) is 0 Å². The Kier molecular flexibility index (Phi) is 8.44. The van der Waals surface area contributed by atoms with Crippen LogP contribution in [0.5, 0.6) is 0 Å². The first kappa shape index (κ1) is 20.8. The van der Waals surface area contributed by atoms with Crippen molar-refractivity contribution in [2.24, 2.45) is 5.92 Å². The molecule has 1 fully saturated rings. The fraction of sp³-hybridized carbons (Fsp3) is 0.722. The average Bonchev–Trinajstić information content (AvgIpc) is 3.07. The highest BCUT2D eigenvalue weighted by Crippen LogP contribution is 2.18. The van der Waals surface area contributed by atoms with Crippen LogP contribution >= 0.6 is 11.8 Å². The van der Waals surface area contributed by atoms with Gasteiger partial charge in [0.05, 0.1) is 12.1 Å². The molecule has 2 rings (SSSR count). The molecular weight excluding hydrogens is 350 g/mol. The molecule has 2 atom stereocenters. The fourth-order valence-electron chi connectivity index (χ4n) is 3.36. The molecule has 1 saturated heterocycles. The number of thioether (sulfide) groups is 1. The van der Waals surface area contributed by atoms with Crippen molar-refractivity contribution in [1.82, 2.24) is 25.3 Å². The Hall–Kier alpha value is -1.54. The van der Waals surface area contributed by atoms with Gasteiger partial charge in [0.25, 0.3) is 0 Å². The molecule has 0 unspecified atom stereocenters. The molecule has 1 aliphatic rings. The quantitative estimate of drug-likeness (QED) is 0.702. The number of carbonyl (C=O) groups is 2. The number of carbonyl (C=O) groups excluding carboxylic acids is 2. The first-order valence-electron chi connectivity index (χ1n) is 9.19. The summed E-state index contributed by atoms with van der Waals surface area (Å²) in [6.07, 6.45) is 8.68. The summed E-state index contributed by atoms with van der Waals surface area (Å²) in [6, 6.07) is 0.128. The SMILES string of the molecule is CSCCC(=O)N[C@H]1CC[C@@H](C(=O)N(C)CCc2cn[nH]c2)CN(C)C1. The van der Waals surface area contributed by atoms with Gasteiger partial charge in [0.15, 0.2) is 0 Å². The van der Waals surface area contributed by atoms with Gasteiger partial charge in [-0.2, -0.15) is 16.9 Å². The standard InChI is InChI=1S/C18H31N5O2S/c1-22-12-15(4-5-16(13-22)21-17(24)7-9-26-3)18(25)23(2)8-6-14-10-19-20-11-14/h10-11,15-16H,4-9,12-13H2,1-3H3,(H,19,20)(H,21,24)/t15-,16+/m1/s1. The molecule has 0 saturated carbocycles. The van der Waals surface area contributed by atoms with Crippen LogP contribution in [0.1, 0.15) is 24.8 Å². The number of likely N-dealkylation sites (tertiary alicyclic amines) is 1. The van der Waals surface area contributed by atoms with E-state index < -0.39 is 0 Å². The molecule has 0 aliphatic carbocycles. The van der Waals surface area contributed by atoms with E-state index >= 15 is 0 Å². The van der Waals surface area contributed by atoms with Gasteiger partial charge in [0, 0.05) is 51.1 Å². The molecule has 1 aromatic heterocycles. The highest BCUT2D eigenvalue weighted by molar-refractivity contribution is 7.98. The third-order valence-electron chi connectivity index (χ3n) is 4.84. The van der Waals surface area contributed by atoms with Gasteiger partial charge < -0.3 is 15.1 Å². The predicted octanol–water partition coefficient (Wildman–Crippen LogP) is 0.990. The van der Waals surface area contributed by atoms with Crippen molar-refractivity contribution >= 4 is 23.6 Å². The first-order chi connectivity index (χ1) is 12.5. The Labute approximate surface area is 160 Å². The molecule has 2 heterocycles. The van der Waals surface area contributed by atoms with E-state index in [4.69, 9.17) is 0 Å². The van der Waals surface area contributed by atoms with E-state index in [9.17, 15) is 9.59 Å². The minimum Gasteiger partial charge on any atom is -0.352 e. The van der Waals surface area contributed by atoms with Crippen molar-refractivity contribution in [3.05, 3.63) is 18.0 Å². The van der Waals surface area contributed by atoms with Gasteiger partial charge in [-0.3, -0.25) is 14.7 Å². The molecule has 0 bridgehead atoms. The molecule has 2 N–H and O–H groups in total. The van der Waals surface area contributed by atoms with E-state index in [0.717, 1.165) is 43.7 Å². The second kappa shape index (κ2) is 10.6. The number of hydrogen-bond donors (Lipinski definition) is 2. The van der Waals surface area contributed by atoms with E-state index in [1.54, 1.807) is 18.0 Å². The monoisotopic (exact) mass is 381 g/mol. The number of aromatic nitrogens is 2. The summed E-state index contributed by atoms with van der Waals surface area (Å²) in [5, 5.41) is 9.86. The first-order valence-corrected chi connectivity index (χ1v) is 10.6. The zero-order chi connectivity index (χ0) is 18.9. The smallest absolute Gasteiger partial charge is 0.226 e. The number of nitrogens with zero attached hydrogens (tertiary/aromatic N) is 3. The zero-order valence-corrected chi connectivity index (χ0v) is 16.8. The molecule has 1 aromatic rings. The van der Waals surface area contributed by atoms with Crippen LogP contribution in [0.2, 0.25) is 0 Å². The van der Waals surface area contributed by atoms with Gasteiger partial charge in [-0.1, -0.05) is 0 Å². The number of amides is 2. The number of rotatable bonds is 8. The highest BCUT2D eigenvalue weighted by atomic mass is 32.2. The summed E-state index contributed by atoms with van der Waals surface area (Å²) in [5.74, 6) is 1.13. The van der Waals surface area contributed by atoms with Crippen LogP contribution in [-0.2, 0) is 16.0 Å². The molecular formula is C18H31N5O2S. The molecule has 8 heteroatoms. The third kappa shape index (κ3) is 6.64. The number of hydrogen-bond acceptors (Lipinski definition) is 5. The number of likely N-dealkylation sites (N-methyl/N-ethyl adjacent to an activating group) is 2. The topological polar surface area (TPSA) is 81.3 Å². The van der Waals surface area contributed by atoms with E-state index in [0.29, 0.717) is 13.0 Å². The third-order valence-corrected chi connectivity index (χ3v) is 5.45. The molecule has 1 aliphatic heterocycles. The Morgan fingerprint density at radius 2 is 2.23 bits per heavy atom. The van der Waals surface area contributed by atoms with Gasteiger partial charge in [-0.25, -0.2) is 0 Å². The van der Waals surface area contributed by atoms with Crippen molar-refractivity contribution in [2.45, 2.75) is 31.7 Å². The number of H-pyrrole nitrogens is 1. The minimum atomic E-state index is -0.0116. The van der Waals surface area contributed by atoms with Crippen molar-refractivity contribution in [2.75, 3.05) is 45.7 Å². The number of nitrogens with one attached hydrogen (secondary N) is 2. The zero-order valence-electron chi connectivity index (χ0n) is 16.0. The van der Waals surface area contributed by atoms with Crippen molar-refractivity contribution < 1.29 is 9.59 Å². The minimum absolute atomic E-state index is 0.0116. The summed E-state index contributed by atoms with van der Waals surface area (Å²) < 4.78 is 0. The van der Waals surface area contributed by atoms with Crippen molar-refractivity contribution in [3.63, 3.8) is 0 Å². The number of aromatic amines is 1. The van der Waals surface area contributed by atoms with E-state index in [1.807, 2.05) is 31.4 Å². The van der Waals surface area contributed by atoms with Gasteiger partial charge in [-0.15, -0.1) is 0 Å². The summed E-state index contributed by atoms with van der Waals surface area (Å²) in [6.45, 7) is 2.23. The summed E-state index contributed by atoms with van der Waals surface area (Å²) in [7, 11) is 3.90. The summed E-state index contributed by atoms with van der Waals surface area (Å²) in [5.41, 5.74) is 1.11. The highest BCUT2D eigenvalue weighted by Gasteiger charge is 2.29. The van der Waals surface area contributed by atoms with E-state index in [1.165, 1.54) is 0 Å². The lowest BCUT2D eigenvalue weighted by molar-refractivity contribution is -0.134. The molecule has 7 nitrogen and oxygen atoms in total. The lowest BCUT2D eigenvalue weighted by Gasteiger charge is -2.25. The van der Waals surface area contributed by atoms with Gasteiger partial charge >= 0.3 is 0 Å². The largest absolute Gasteiger partial charge is 0.352 e. The summed E-state index contributed by atoms with van der Waals surface area (Å²) in [4.78, 5) is 28.8. The van der Waals surface area contributed by atoms with Crippen LogP contribution in [0.25, 0.3) is 0 Å². The van der Waals surface area contributed by atoms with Gasteiger partial charge in [0.1, 0.15) is 0 Å². The average molecular weight is 382 g/mol. The Morgan fingerprint density at radius 1 is 1.42 bits per heavy atom. The van der Waals surface area contributed by atoms with Crippen molar-refractivity contribution in [1.29, 1.82) is 0 Å². The van der Waals surface area contributed by atoms with Crippen LogP contribution in [0, 0.1) is 5.92 Å². The maximum absolute atomic E-state index is 12.8. The Balaban J connectivity index is 1.82. The lowest BCUT2D eigenvalue weighted by atomic mass is 10.00. The normalized spacial score (nSPS) is 21.2. The van der Waals surface area contributed by atoms with Gasteiger partial charge in [0.2, 0.25) is 11.8 Å². The van der Waals surface area contributed by atoms with Crippen LogP contribution in [0.3, 0.4) is 0 Å². The maximum Gasteiger partial charge on any atom is 0.226 e. The molecule has 146 valence electrons. The van der Waals surface area contributed by atoms with Crippen LogP contribution in [0.15, 0.2) is 12.4 Å². The Bertz CT molecular complexity index is 566. The Morgan fingerprint density at radius 3 is 2.92 bits per heavy atom. The van der Waals surface area contributed by atoms with Crippen molar-refractivity contribution in [3.8, 4) is 0 Å². The van der Waals surface area contributed by atoms with Gasteiger partial charge in [-0.05, 0) is 38.1 Å². The summed E-state index contributed by atoms with van der Waals surface area (Å²) >= 11 is 1.68. The molecule has 2 amide bonds. The molecule has 0 spiro atoms. The molecule has 0 radical (unpaired) electrons. The van der Waals surface area contributed by atoms with E-state index in [2.05, 4.69) is 20.4 Å². The van der Waals surface area contributed by atoms with Crippen LogP contribution < -0.4 is 5.32 Å². The predicted molar refractivity (Wildman–Crippen MR) is 105 cm³/mol. The maximum atomic E-state index is 12.8. The second-order valence-corrected chi connectivity index (χ2v) is 8.10. The van der Waals surface area contributed by atoms with E-state index in [-0.39, 0.29) is 23.8 Å². The molecule has 26 heavy (non-hydrogen) atoms.